The quantitative estimate of drug-likeness (QED) is 0.690. The Kier molecular flexibility index (Phi) is 5.09. The van der Waals surface area contributed by atoms with E-state index in [9.17, 15) is 4.79 Å². The minimum absolute atomic E-state index is 0.00710. The largest absolute Gasteiger partial charge is 0.497 e. The Morgan fingerprint density at radius 1 is 1.12 bits per heavy atom. The smallest absolute Gasteiger partial charge is 0.247 e. The predicted octanol–water partition coefficient (Wildman–Crippen LogP) is 3.34. The molecule has 0 N–H and O–H groups in total. The lowest BCUT2D eigenvalue weighted by Gasteiger charge is -2.16. The molecule has 0 unspecified atom stereocenters. The first-order valence-corrected chi connectivity index (χ1v) is 7.96. The van der Waals surface area contributed by atoms with Crippen LogP contribution in [-0.2, 0) is 11.2 Å². The molecule has 3 rings (SSSR count). The number of carbonyl (C=O) groups excluding carboxylic acids is 1. The SMILES string of the molecule is COc1cccc(-c2nnc(CCC(=O)N(C)c3ccccc3)o2)c1. The Bertz CT molecular complexity index is 846. The number of benzene rings is 2. The molecule has 0 fully saturated rings. The monoisotopic (exact) mass is 337 g/mol. The van der Waals surface area contributed by atoms with Crippen LogP contribution in [0.2, 0.25) is 0 Å². The molecular weight excluding hydrogens is 318 g/mol. The Hall–Kier alpha value is -3.15. The highest BCUT2D eigenvalue weighted by Gasteiger charge is 2.14. The molecule has 0 bridgehead atoms. The van der Waals surface area contributed by atoms with Gasteiger partial charge in [0, 0.05) is 31.1 Å². The summed E-state index contributed by atoms with van der Waals surface area (Å²) in [4.78, 5) is 13.9. The Morgan fingerprint density at radius 3 is 2.68 bits per heavy atom. The van der Waals surface area contributed by atoms with Crippen LogP contribution < -0.4 is 9.64 Å². The van der Waals surface area contributed by atoms with Gasteiger partial charge in [-0.1, -0.05) is 24.3 Å². The molecule has 1 aromatic heterocycles. The highest BCUT2D eigenvalue weighted by Crippen LogP contribution is 2.23. The molecule has 128 valence electrons. The first-order chi connectivity index (χ1) is 12.2. The minimum Gasteiger partial charge on any atom is -0.497 e. The molecule has 1 amide bonds. The number of methoxy groups -OCH3 is 1. The van der Waals surface area contributed by atoms with Gasteiger partial charge in [-0.3, -0.25) is 4.79 Å². The number of hydrogen-bond donors (Lipinski definition) is 0. The van der Waals surface area contributed by atoms with Crippen molar-refractivity contribution in [3.63, 3.8) is 0 Å². The van der Waals surface area contributed by atoms with E-state index in [1.807, 2.05) is 54.6 Å². The summed E-state index contributed by atoms with van der Waals surface area (Å²) in [5, 5.41) is 8.07. The summed E-state index contributed by atoms with van der Waals surface area (Å²) in [6.07, 6.45) is 0.693. The normalized spacial score (nSPS) is 10.5. The highest BCUT2D eigenvalue weighted by molar-refractivity contribution is 5.92. The van der Waals surface area contributed by atoms with E-state index in [-0.39, 0.29) is 5.91 Å². The van der Waals surface area contributed by atoms with Gasteiger partial charge in [0.25, 0.3) is 0 Å². The summed E-state index contributed by atoms with van der Waals surface area (Å²) in [5.74, 6) is 1.56. The van der Waals surface area contributed by atoms with Crippen molar-refractivity contribution in [1.82, 2.24) is 10.2 Å². The zero-order valence-corrected chi connectivity index (χ0v) is 14.2. The second-order valence-electron chi connectivity index (χ2n) is 5.52. The second-order valence-corrected chi connectivity index (χ2v) is 5.52. The zero-order chi connectivity index (χ0) is 17.6. The second kappa shape index (κ2) is 7.61. The van der Waals surface area contributed by atoms with E-state index >= 15 is 0 Å². The van der Waals surface area contributed by atoms with Gasteiger partial charge in [0.2, 0.25) is 17.7 Å². The molecule has 6 heteroatoms. The minimum atomic E-state index is -0.00710. The molecular formula is C19H19N3O3. The summed E-state index contributed by atoms with van der Waals surface area (Å²) in [6, 6.07) is 16.9. The summed E-state index contributed by atoms with van der Waals surface area (Å²) in [7, 11) is 3.36. The standard InChI is InChI=1S/C19H19N3O3/c1-22(15-8-4-3-5-9-15)18(23)12-11-17-20-21-19(25-17)14-7-6-10-16(13-14)24-2/h3-10,13H,11-12H2,1-2H3. The predicted molar refractivity (Wildman–Crippen MR) is 94.5 cm³/mol. The van der Waals surface area contributed by atoms with Gasteiger partial charge in [-0.2, -0.15) is 0 Å². The third kappa shape index (κ3) is 4.03. The molecule has 2 aromatic carbocycles. The van der Waals surface area contributed by atoms with Gasteiger partial charge >= 0.3 is 0 Å². The fourth-order valence-electron chi connectivity index (χ4n) is 2.40. The topological polar surface area (TPSA) is 68.5 Å². The van der Waals surface area contributed by atoms with Crippen LogP contribution in [0.4, 0.5) is 5.69 Å². The number of nitrogens with zero attached hydrogens (tertiary/aromatic N) is 3. The Balaban J connectivity index is 1.62. The van der Waals surface area contributed by atoms with Crippen LogP contribution in [0.15, 0.2) is 59.0 Å². The number of anilines is 1. The molecule has 25 heavy (non-hydrogen) atoms. The third-order valence-electron chi connectivity index (χ3n) is 3.85. The number of hydrogen-bond acceptors (Lipinski definition) is 5. The van der Waals surface area contributed by atoms with Gasteiger partial charge in [0.15, 0.2) is 0 Å². The molecule has 0 saturated carbocycles. The fourth-order valence-corrected chi connectivity index (χ4v) is 2.40. The van der Waals surface area contributed by atoms with Gasteiger partial charge in [0.05, 0.1) is 7.11 Å². The zero-order valence-electron chi connectivity index (χ0n) is 14.2. The van der Waals surface area contributed by atoms with Crippen molar-refractivity contribution in [2.45, 2.75) is 12.8 Å². The van der Waals surface area contributed by atoms with Gasteiger partial charge in [-0.15, -0.1) is 10.2 Å². The lowest BCUT2D eigenvalue weighted by atomic mass is 10.2. The molecule has 0 atom stereocenters. The van der Waals surface area contributed by atoms with E-state index in [0.717, 1.165) is 17.0 Å². The van der Waals surface area contributed by atoms with Gasteiger partial charge in [0.1, 0.15) is 5.75 Å². The van der Waals surface area contributed by atoms with Crippen LogP contribution in [0.3, 0.4) is 0 Å². The Morgan fingerprint density at radius 2 is 1.92 bits per heavy atom. The van der Waals surface area contributed by atoms with E-state index in [1.165, 1.54) is 0 Å². The van der Waals surface area contributed by atoms with Crippen LogP contribution in [-0.4, -0.2) is 30.3 Å². The van der Waals surface area contributed by atoms with Gasteiger partial charge in [-0.05, 0) is 30.3 Å². The van der Waals surface area contributed by atoms with E-state index in [2.05, 4.69) is 10.2 Å². The number of para-hydroxylation sites is 1. The van der Waals surface area contributed by atoms with E-state index in [1.54, 1.807) is 19.1 Å². The van der Waals surface area contributed by atoms with Crippen molar-refractivity contribution < 1.29 is 13.9 Å². The maximum Gasteiger partial charge on any atom is 0.247 e. The van der Waals surface area contributed by atoms with Crippen molar-refractivity contribution in [3.8, 4) is 17.2 Å². The van der Waals surface area contributed by atoms with Crippen molar-refractivity contribution in [2.75, 3.05) is 19.1 Å². The van der Waals surface area contributed by atoms with E-state index in [4.69, 9.17) is 9.15 Å². The first-order valence-electron chi connectivity index (χ1n) is 7.96. The van der Waals surface area contributed by atoms with Crippen LogP contribution in [0.5, 0.6) is 5.75 Å². The number of amides is 1. The molecule has 1 heterocycles. The van der Waals surface area contributed by atoms with Gasteiger partial charge in [-0.25, -0.2) is 0 Å². The molecule has 0 saturated heterocycles. The summed E-state index contributed by atoms with van der Waals surface area (Å²) < 4.78 is 10.8. The maximum absolute atomic E-state index is 12.3. The Labute approximate surface area is 146 Å². The average Bonchev–Trinajstić information content (AvgIpc) is 3.15. The highest BCUT2D eigenvalue weighted by atomic mass is 16.5. The number of aryl methyl sites for hydroxylation is 1. The van der Waals surface area contributed by atoms with Crippen molar-refractivity contribution >= 4 is 11.6 Å². The van der Waals surface area contributed by atoms with Crippen LogP contribution in [0.25, 0.3) is 11.5 Å². The molecule has 0 spiro atoms. The lowest BCUT2D eigenvalue weighted by molar-refractivity contribution is -0.118. The summed E-state index contributed by atoms with van der Waals surface area (Å²) in [5.41, 5.74) is 1.64. The molecule has 0 aliphatic heterocycles. The van der Waals surface area contributed by atoms with E-state index < -0.39 is 0 Å². The third-order valence-corrected chi connectivity index (χ3v) is 3.85. The van der Waals surface area contributed by atoms with Crippen molar-refractivity contribution in [1.29, 1.82) is 0 Å². The maximum atomic E-state index is 12.3. The number of ether oxygens (including phenoxy) is 1. The number of carbonyl (C=O) groups is 1. The molecule has 0 aliphatic carbocycles. The fraction of sp³-hybridized carbons (Fsp3) is 0.211. The molecule has 0 aliphatic rings. The number of rotatable bonds is 6. The van der Waals surface area contributed by atoms with Crippen molar-refractivity contribution in [3.05, 3.63) is 60.5 Å². The molecule has 3 aromatic rings. The number of aromatic nitrogens is 2. The van der Waals surface area contributed by atoms with E-state index in [0.29, 0.717) is 24.6 Å². The summed E-state index contributed by atoms with van der Waals surface area (Å²) in [6.45, 7) is 0. The van der Waals surface area contributed by atoms with Crippen molar-refractivity contribution in [2.24, 2.45) is 0 Å². The lowest BCUT2D eigenvalue weighted by Crippen LogP contribution is -2.26. The molecule has 0 radical (unpaired) electrons. The first kappa shape index (κ1) is 16.7. The summed E-state index contributed by atoms with van der Waals surface area (Å²) >= 11 is 0. The van der Waals surface area contributed by atoms with Crippen LogP contribution in [0, 0.1) is 0 Å². The van der Waals surface area contributed by atoms with Crippen LogP contribution >= 0.6 is 0 Å². The average molecular weight is 337 g/mol. The molecule has 6 nitrogen and oxygen atoms in total. The van der Waals surface area contributed by atoms with Gasteiger partial charge < -0.3 is 14.1 Å². The van der Waals surface area contributed by atoms with Crippen LogP contribution in [0.1, 0.15) is 12.3 Å².